The van der Waals surface area contributed by atoms with Crippen LogP contribution in [0.2, 0.25) is 0 Å². The van der Waals surface area contributed by atoms with Crippen LogP contribution in [0.1, 0.15) is 115 Å². The van der Waals surface area contributed by atoms with Gasteiger partial charge in [0.2, 0.25) is 0 Å². The van der Waals surface area contributed by atoms with Crippen LogP contribution in [0.5, 0.6) is 0 Å². The highest BCUT2D eigenvalue weighted by Gasteiger charge is 2.37. The van der Waals surface area contributed by atoms with Gasteiger partial charge in [0.05, 0.1) is 28.2 Å². The lowest BCUT2D eigenvalue weighted by atomic mass is 9.87. The van der Waals surface area contributed by atoms with Gasteiger partial charge in [0.15, 0.2) is 0 Å². The van der Waals surface area contributed by atoms with E-state index in [-0.39, 0.29) is 13.2 Å². The fourth-order valence-electron chi connectivity index (χ4n) is 10.7. The number of carbonyl (C=O) groups excluding carboxylic acids is 3. The Morgan fingerprint density at radius 3 is 1.26 bits per heavy atom. The van der Waals surface area contributed by atoms with Gasteiger partial charge in [0, 0.05) is 103 Å². The molecule has 16 nitrogen and oxygen atoms in total. The summed E-state index contributed by atoms with van der Waals surface area (Å²) in [7, 11) is 0. The van der Waals surface area contributed by atoms with E-state index in [2.05, 4.69) is 120 Å². The number of fused-ring (bicyclic) bond motifs is 1. The van der Waals surface area contributed by atoms with Gasteiger partial charge in [-0.3, -0.25) is 44.0 Å². The molecule has 0 atom stereocenters. The third kappa shape index (κ3) is 21.2. The molecule has 2 amide bonds. The number of pyridine rings is 4. The van der Waals surface area contributed by atoms with Crippen LogP contribution in [0.3, 0.4) is 0 Å². The third-order valence-corrected chi connectivity index (χ3v) is 16.9. The molecule has 86 heavy (non-hydrogen) atoms. The van der Waals surface area contributed by atoms with Gasteiger partial charge in [-0.25, -0.2) is 4.98 Å². The van der Waals surface area contributed by atoms with Crippen LogP contribution in [0, 0.1) is 0 Å². The molecule has 9 heterocycles. The van der Waals surface area contributed by atoms with Crippen molar-refractivity contribution in [3.8, 4) is 0 Å². The smallest absolute Gasteiger partial charge is 0.261 e. The molecular weight excluding hydrogens is 1210 g/mol. The molecule has 3 aromatic carbocycles. The summed E-state index contributed by atoms with van der Waals surface area (Å²) in [4.78, 5) is 59.7. The number of imide groups is 1. The number of aliphatic hydroxyl groups is 3. The van der Waals surface area contributed by atoms with Gasteiger partial charge in [-0.2, -0.15) is 0 Å². The molecule has 0 aliphatic carbocycles. The van der Waals surface area contributed by atoms with Crippen molar-refractivity contribution in [2.24, 2.45) is 5.73 Å². The second kappa shape index (κ2) is 35.5. The zero-order valence-corrected chi connectivity index (χ0v) is 52.4. The van der Waals surface area contributed by atoms with E-state index < -0.39 is 16.8 Å². The summed E-state index contributed by atoms with van der Waals surface area (Å²) in [6, 6.07) is 50.7. The first-order valence-corrected chi connectivity index (χ1v) is 31.9. The molecule has 0 bridgehead atoms. The summed E-state index contributed by atoms with van der Waals surface area (Å²) in [6.07, 6.45) is 14.8. The normalized spacial score (nSPS) is 17.9. The molecule has 7 aromatic rings. The average Bonchev–Trinajstić information content (AvgIpc) is 3.45. The number of halogens is 2. The van der Waals surface area contributed by atoms with Gasteiger partial charge in [0.1, 0.15) is 27.2 Å². The Balaban J connectivity index is 0.000000170. The highest BCUT2D eigenvalue weighted by Crippen LogP contribution is 2.33. The number of carbonyl (C=O) groups is 3. The van der Waals surface area contributed by atoms with Crippen molar-refractivity contribution >= 4 is 49.5 Å². The molecule has 0 radical (unpaired) electrons. The van der Waals surface area contributed by atoms with Crippen molar-refractivity contribution in [2.75, 3.05) is 77.3 Å². The lowest BCUT2D eigenvalue weighted by Crippen LogP contribution is -2.43. The van der Waals surface area contributed by atoms with E-state index in [1.54, 1.807) is 49.1 Å². The minimum atomic E-state index is -0.756. The number of nitrogens with zero attached hydrogens (tertiary/aromatic N) is 8. The van der Waals surface area contributed by atoms with Crippen molar-refractivity contribution in [1.29, 1.82) is 0 Å². The minimum absolute atomic E-state index is 0. The van der Waals surface area contributed by atoms with Crippen LogP contribution in [0.4, 0.5) is 0 Å². The number of ketones is 1. The molecule has 458 valence electrons. The fourth-order valence-corrected chi connectivity index (χ4v) is 11.2. The van der Waals surface area contributed by atoms with Crippen molar-refractivity contribution < 1.29 is 31.1 Å². The third-order valence-electron chi connectivity index (χ3n) is 15.8. The Morgan fingerprint density at radius 2 is 0.872 bits per heavy atom. The van der Waals surface area contributed by atoms with Crippen molar-refractivity contribution in [3.05, 3.63) is 226 Å². The Morgan fingerprint density at radius 1 is 0.477 bits per heavy atom. The predicted molar refractivity (Wildman–Crippen MR) is 347 cm³/mol. The van der Waals surface area contributed by atoms with E-state index in [9.17, 15) is 29.7 Å². The summed E-state index contributed by atoms with van der Waals surface area (Å²) in [6.45, 7) is 11.4. The molecular formula is C68H86Br2N10O6. The number of nitrogens with two attached hydrogens (primary N) is 1. The van der Waals surface area contributed by atoms with E-state index in [1.807, 2.05) is 84.9 Å². The van der Waals surface area contributed by atoms with Crippen molar-refractivity contribution in [3.63, 3.8) is 0 Å². The van der Waals surface area contributed by atoms with Crippen LogP contribution in [0.25, 0.3) is 0 Å². The van der Waals surface area contributed by atoms with Crippen LogP contribution in [-0.2, 0) is 34.7 Å². The van der Waals surface area contributed by atoms with Gasteiger partial charge in [-0.1, -0.05) is 113 Å². The molecule has 5 aliphatic rings. The van der Waals surface area contributed by atoms with Crippen molar-refractivity contribution in [2.45, 2.75) is 94.1 Å². The maximum Gasteiger partial charge on any atom is 0.261 e. The molecule has 0 saturated carbocycles. The number of rotatable bonds is 13. The number of hydrogen-bond acceptors (Lipinski definition) is 15. The zero-order valence-electron chi connectivity index (χ0n) is 49.3. The standard InChI is InChI=1S/C17H20N2O.C13H21N3O.C12H15NO.C11H10BrNO2.C10H14N2O.C5H4BrN.H2/c20-17(16-8-4-5-11-18-16)9-12-19(13-10-17)14-15-6-2-1-3-7-15;14-7-3-9-16-10-5-13(17,6-11-16)12-4-1-2-8-15-12;14-12-6-8-13(9-7-12)10-11-4-2-1-3-5-11;12-6-3-7-13-10(14)8-4-1-2-5-9(8)11(13)15;13-10(4-7-11-8-5-10)9-3-1-2-6-12-9;6-5-3-1-2-4-7-5;/h1-8,11,20H,9-10,12-14H2;1-2,4,8,17H,3,5-7,9-11,14H2;1-5H,6-10H2;1-2,4-5H,3,6-7H2;1-3,6,11,13H,4-5,7-8H2;1-4H;1H. The summed E-state index contributed by atoms with van der Waals surface area (Å²) in [5.74, 6) is 0.0717. The van der Waals surface area contributed by atoms with Crippen molar-refractivity contribution in [1.82, 2.24) is 44.9 Å². The molecule has 4 saturated heterocycles. The number of nitrogens with one attached hydrogen (secondary N) is 1. The fraction of sp³-hybridized carbons (Fsp3) is 0.397. The molecule has 6 N–H and O–H groups in total. The lowest BCUT2D eigenvalue weighted by Gasteiger charge is -2.37. The van der Waals surface area contributed by atoms with E-state index in [0.29, 0.717) is 23.5 Å². The van der Waals surface area contributed by atoms with E-state index in [0.717, 1.165) is 170 Å². The van der Waals surface area contributed by atoms with Crippen LogP contribution in [-0.4, -0.2) is 150 Å². The Labute approximate surface area is 526 Å². The second-order valence-corrected chi connectivity index (χ2v) is 23.6. The highest BCUT2D eigenvalue weighted by atomic mass is 79.9. The molecule has 4 aromatic heterocycles. The zero-order chi connectivity index (χ0) is 60.9. The number of likely N-dealkylation sites (tertiary alicyclic amines) is 3. The topological polar surface area (TPSA) is 214 Å². The molecule has 12 rings (SSSR count). The quantitative estimate of drug-likeness (QED) is 0.0413. The Hall–Kier alpha value is -6.29. The molecule has 0 spiro atoms. The summed E-state index contributed by atoms with van der Waals surface area (Å²) >= 11 is 6.48. The maximum absolute atomic E-state index is 11.8. The Bertz CT molecular complexity index is 3010. The number of piperidine rings is 4. The lowest BCUT2D eigenvalue weighted by molar-refractivity contribution is -0.121. The largest absolute Gasteiger partial charge is 0.383 e. The van der Waals surface area contributed by atoms with E-state index in [4.69, 9.17) is 5.73 Å². The first-order chi connectivity index (χ1) is 41.8. The first kappa shape index (κ1) is 67.2. The van der Waals surface area contributed by atoms with E-state index >= 15 is 0 Å². The minimum Gasteiger partial charge on any atom is -0.383 e. The van der Waals surface area contributed by atoms with Gasteiger partial charge in [-0.15, -0.1) is 0 Å². The SMILES string of the molecule is Brc1ccccn1.NCCCN1CCC(O)(c2ccccn2)CC1.O=C1CCN(Cc2ccccc2)CC1.O=C1c2ccccc2C(=O)N1CCCBr.OC1(c2ccccn2)CCN(Cc2ccccc2)CC1.OC1(c2ccccn2)CCNCC1.[HH]. The first-order valence-electron chi connectivity index (χ1n) is 30.0. The predicted octanol–water partition coefficient (Wildman–Crippen LogP) is 9.94. The maximum atomic E-state index is 11.8. The summed E-state index contributed by atoms with van der Waals surface area (Å²) in [5.41, 5.74) is 9.44. The second-order valence-electron chi connectivity index (χ2n) is 22.0. The average molecular weight is 1300 g/mol. The van der Waals surface area contributed by atoms with Gasteiger partial charge < -0.3 is 31.3 Å². The van der Waals surface area contributed by atoms with E-state index in [1.165, 1.54) is 16.0 Å². The van der Waals surface area contributed by atoms with Crippen LogP contribution in [0.15, 0.2) is 187 Å². The summed E-state index contributed by atoms with van der Waals surface area (Å²) < 4.78 is 0.884. The van der Waals surface area contributed by atoms with Crippen LogP contribution < -0.4 is 11.1 Å². The van der Waals surface area contributed by atoms with Gasteiger partial charge in [-0.05, 0) is 165 Å². The number of alkyl halides is 1. The Kier molecular flexibility index (Phi) is 27.7. The number of hydrogen-bond donors (Lipinski definition) is 5. The molecule has 18 heteroatoms. The molecule has 5 aliphatic heterocycles. The van der Waals surface area contributed by atoms with Gasteiger partial charge in [0.25, 0.3) is 11.8 Å². The van der Waals surface area contributed by atoms with Gasteiger partial charge >= 0.3 is 0 Å². The highest BCUT2D eigenvalue weighted by molar-refractivity contribution is 9.10. The monoisotopic (exact) mass is 1300 g/mol. The van der Waals surface area contributed by atoms with Crippen LogP contribution >= 0.6 is 31.9 Å². The number of benzene rings is 3. The summed E-state index contributed by atoms with van der Waals surface area (Å²) in [5, 5.41) is 35.6. The number of amides is 2. The number of aromatic nitrogens is 4. The number of Topliss-reactive ketones (excluding diaryl/α,β-unsaturated/α-hetero) is 1. The molecule has 0 unspecified atom stereocenters. The molecule has 4 fully saturated rings.